The molecule has 24 heavy (non-hydrogen) atoms. The molecule has 126 valence electrons. The van der Waals surface area contributed by atoms with Crippen molar-refractivity contribution in [2.24, 2.45) is 0 Å². The lowest BCUT2D eigenvalue weighted by atomic mass is 10.1. The predicted molar refractivity (Wildman–Crippen MR) is 99.4 cm³/mol. The zero-order valence-corrected chi connectivity index (χ0v) is 15.1. The Morgan fingerprint density at radius 2 is 1.79 bits per heavy atom. The summed E-state index contributed by atoms with van der Waals surface area (Å²) in [7, 11) is -3.34. The molecule has 0 aliphatic heterocycles. The van der Waals surface area contributed by atoms with E-state index in [1.807, 2.05) is 0 Å². The van der Waals surface area contributed by atoms with Crippen LogP contribution in [0.15, 0.2) is 48.5 Å². The molecule has 0 aromatic heterocycles. The summed E-state index contributed by atoms with van der Waals surface area (Å²) >= 11 is 12.0. The molecule has 0 saturated carbocycles. The average Bonchev–Trinajstić information content (AvgIpc) is 2.56. The standard InChI is InChI=1S/C17H15Cl2NO3S/c1-2-24(22,23)20-14-9-6-12(7-10-14)16(21)11-8-13-4-3-5-15(18)17(13)19/h3-11,20H,2H2,1H3/b11-8+. The van der Waals surface area contributed by atoms with Crippen molar-refractivity contribution in [1.29, 1.82) is 0 Å². The van der Waals surface area contributed by atoms with Gasteiger partial charge in [-0.25, -0.2) is 8.42 Å². The minimum atomic E-state index is -3.34. The Bertz CT molecular complexity index is 875. The predicted octanol–water partition coefficient (Wildman–Crippen LogP) is 4.65. The lowest BCUT2D eigenvalue weighted by Gasteiger charge is -2.06. The van der Waals surface area contributed by atoms with Crippen LogP contribution in [0.1, 0.15) is 22.8 Å². The fourth-order valence-corrected chi connectivity index (χ4v) is 2.88. The third kappa shape index (κ3) is 4.84. The van der Waals surface area contributed by atoms with E-state index in [0.717, 1.165) is 0 Å². The topological polar surface area (TPSA) is 63.2 Å². The molecule has 4 nitrogen and oxygen atoms in total. The zero-order valence-electron chi connectivity index (χ0n) is 12.8. The van der Waals surface area contributed by atoms with Crippen LogP contribution in [-0.2, 0) is 10.0 Å². The zero-order chi connectivity index (χ0) is 17.7. The van der Waals surface area contributed by atoms with Crippen molar-refractivity contribution in [1.82, 2.24) is 0 Å². The number of anilines is 1. The first-order valence-corrected chi connectivity index (χ1v) is 9.50. The van der Waals surface area contributed by atoms with Crippen molar-refractivity contribution in [3.05, 3.63) is 69.7 Å². The largest absolute Gasteiger partial charge is 0.289 e. The Hall–Kier alpha value is -1.82. The number of hydrogen-bond donors (Lipinski definition) is 1. The van der Waals surface area contributed by atoms with Gasteiger partial charge in [-0.05, 0) is 55.0 Å². The molecule has 0 aliphatic rings. The molecule has 0 amide bonds. The van der Waals surface area contributed by atoms with Crippen molar-refractivity contribution in [3.63, 3.8) is 0 Å². The molecule has 0 spiro atoms. The van der Waals surface area contributed by atoms with Crippen LogP contribution in [0.4, 0.5) is 5.69 Å². The summed E-state index contributed by atoms with van der Waals surface area (Å²) in [5, 5.41) is 0.798. The third-order valence-electron chi connectivity index (χ3n) is 3.22. The fraction of sp³-hybridized carbons (Fsp3) is 0.118. The van der Waals surface area contributed by atoms with Crippen LogP contribution in [0.3, 0.4) is 0 Å². The van der Waals surface area contributed by atoms with E-state index in [1.165, 1.54) is 6.08 Å². The van der Waals surface area contributed by atoms with E-state index in [2.05, 4.69) is 4.72 Å². The molecule has 0 aliphatic carbocycles. The van der Waals surface area contributed by atoms with Crippen LogP contribution >= 0.6 is 23.2 Å². The lowest BCUT2D eigenvalue weighted by Crippen LogP contribution is -2.14. The van der Waals surface area contributed by atoms with Crippen LogP contribution in [0.5, 0.6) is 0 Å². The number of ketones is 1. The number of sulfonamides is 1. The second-order valence-electron chi connectivity index (χ2n) is 4.92. The van der Waals surface area contributed by atoms with Gasteiger partial charge in [-0.3, -0.25) is 9.52 Å². The molecule has 0 radical (unpaired) electrons. The molecule has 2 rings (SSSR count). The van der Waals surface area contributed by atoms with Crippen LogP contribution in [0.25, 0.3) is 6.08 Å². The van der Waals surface area contributed by atoms with Crippen molar-refractivity contribution in [3.8, 4) is 0 Å². The molecule has 0 fully saturated rings. The molecule has 0 atom stereocenters. The van der Waals surface area contributed by atoms with Crippen molar-refractivity contribution in [2.75, 3.05) is 10.5 Å². The first kappa shape index (κ1) is 18.5. The van der Waals surface area contributed by atoms with E-state index in [0.29, 0.717) is 26.9 Å². The normalized spacial score (nSPS) is 11.6. The van der Waals surface area contributed by atoms with Gasteiger partial charge in [0.15, 0.2) is 5.78 Å². The number of benzene rings is 2. The van der Waals surface area contributed by atoms with E-state index >= 15 is 0 Å². The summed E-state index contributed by atoms with van der Waals surface area (Å²) in [6.07, 6.45) is 2.98. The fourth-order valence-electron chi connectivity index (χ4n) is 1.87. The summed E-state index contributed by atoms with van der Waals surface area (Å²) in [6.45, 7) is 1.55. The van der Waals surface area contributed by atoms with E-state index in [1.54, 1.807) is 55.5 Å². The Morgan fingerprint density at radius 3 is 2.42 bits per heavy atom. The van der Waals surface area contributed by atoms with E-state index < -0.39 is 10.0 Å². The SMILES string of the molecule is CCS(=O)(=O)Nc1ccc(C(=O)/C=C/c2cccc(Cl)c2Cl)cc1. The van der Waals surface area contributed by atoms with E-state index in [-0.39, 0.29) is 11.5 Å². The Labute approximate surface area is 151 Å². The number of carbonyl (C=O) groups excluding carboxylic acids is 1. The number of halogens is 2. The van der Waals surface area contributed by atoms with Crippen LogP contribution in [0.2, 0.25) is 10.0 Å². The van der Waals surface area contributed by atoms with Gasteiger partial charge in [-0.1, -0.05) is 35.3 Å². The van der Waals surface area contributed by atoms with Crippen LogP contribution in [0, 0.1) is 0 Å². The molecular weight excluding hydrogens is 369 g/mol. The van der Waals surface area contributed by atoms with Gasteiger partial charge in [-0.15, -0.1) is 0 Å². The second-order valence-corrected chi connectivity index (χ2v) is 7.72. The van der Waals surface area contributed by atoms with Gasteiger partial charge in [-0.2, -0.15) is 0 Å². The maximum absolute atomic E-state index is 12.2. The highest BCUT2D eigenvalue weighted by molar-refractivity contribution is 7.92. The number of carbonyl (C=O) groups is 1. The van der Waals surface area contributed by atoms with Crippen molar-refractivity contribution >= 4 is 50.8 Å². The highest BCUT2D eigenvalue weighted by Gasteiger charge is 2.08. The number of rotatable bonds is 6. The van der Waals surface area contributed by atoms with E-state index in [4.69, 9.17) is 23.2 Å². The number of allylic oxidation sites excluding steroid dienone is 1. The molecule has 0 heterocycles. The van der Waals surface area contributed by atoms with Gasteiger partial charge in [0.25, 0.3) is 0 Å². The summed E-state index contributed by atoms with van der Waals surface area (Å²) in [5.41, 5.74) is 1.49. The maximum atomic E-state index is 12.2. The maximum Gasteiger partial charge on any atom is 0.232 e. The highest BCUT2D eigenvalue weighted by Crippen LogP contribution is 2.26. The molecule has 1 N–H and O–H groups in total. The lowest BCUT2D eigenvalue weighted by molar-refractivity contribution is 0.104. The van der Waals surface area contributed by atoms with Gasteiger partial charge in [0.2, 0.25) is 10.0 Å². The van der Waals surface area contributed by atoms with E-state index in [9.17, 15) is 13.2 Å². The quantitative estimate of drug-likeness (QED) is 0.583. The summed E-state index contributed by atoms with van der Waals surface area (Å²) in [4.78, 5) is 12.2. The smallest absolute Gasteiger partial charge is 0.232 e. The number of hydrogen-bond acceptors (Lipinski definition) is 3. The van der Waals surface area contributed by atoms with Gasteiger partial charge >= 0.3 is 0 Å². The number of nitrogens with one attached hydrogen (secondary N) is 1. The highest BCUT2D eigenvalue weighted by atomic mass is 35.5. The Kier molecular flexibility index (Phi) is 6.04. The summed E-state index contributed by atoms with van der Waals surface area (Å²) < 4.78 is 25.4. The second kappa shape index (κ2) is 7.83. The van der Waals surface area contributed by atoms with Crippen molar-refractivity contribution < 1.29 is 13.2 Å². The molecule has 2 aromatic carbocycles. The molecule has 2 aromatic rings. The third-order valence-corrected chi connectivity index (χ3v) is 5.36. The first-order chi connectivity index (χ1) is 11.3. The molecule has 0 bridgehead atoms. The average molecular weight is 384 g/mol. The Morgan fingerprint density at radius 1 is 1.12 bits per heavy atom. The van der Waals surface area contributed by atoms with Gasteiger partial charge in [0.05, 0.1) is 15.8 Å². The molecule has 0 unspecified atom stereocenters. The monoisotopic (exact) mass is 383 g/mol. The first-order valence-electron chi connectivity index (χ1n) is 7.09. The summed E-state index contributed by atoms with van der Waals surface area (Å²) in [6, 6.07) is 11.4. The van der Waals surface area contributed by atoms with Gasteiger partial charge in [0, 0.05) is 11.3 Å². The molecule has 0 saturated heterocycles. The molecule has 7 heteroatoms. The van der Waals surface area contributed by atoms with Crippen molar-refractivity contribution in [2.45, 2.75) is 6.92 Å². The minimum Gasteiger partial charge on any atom is -0.289 e. The summed E-state index contributed by atoms with van der Waals surface area (Å²) in [5.74, 6) is -0.243. The Balaban J connectivity index is 2.13. The van der Waals surface area contributed by atoms with Gasteiger partial charge in [0.1, 0.15) is 0 Å². The van der Waals surface area contributed by atoms with Crippen LogP contribution in [-0.4, -0.2) is 20.0 Å². The van der Waals surface area contributed by atoms with Crippen LogP contribution < -0.4 is 4.72 Å². The molecular formula is C17H15Cl2NO3S. The van der Waals surface area contributed by atoms with Gasteiger partial charge < -0.3 is 0 Å². The minimum absolute atomic E-state index is 0.0170.